The van der Waals surface area contributed by atoms with Crippen LogP contribution >= 0.6 is 0 Å². The van der Waals surface area contributed by atoms with E-state index < -0.39 is 0 Å². The van der Waals surface area contributed by atoms with Crippen molar-refractivity contribution in [2.24, 2.45) is 7.05 Å². The van der Waals surface area contributed by atoms with Crippen molar-refractivity contribution in [1.82, 2.24) is 14.4 Å². The quantitative estimate of drug-likeness (QED) is 0.284. The number of fused-ring (bicyclic) bond motifs is 5. The minimum absolute atomic E-state index is 0.170. The summed E-state index contributed by atoms with van der Waals surface area (Å²) < 4.78 is 24.9. The first kappa shape index (κ1) is 28.6. The fourth-order valence-electron chi connectivity index (χ4n) is 5.94. The summed E-state index contributed by atoms with van der Waals surface area (Å²) in [6.45, 7) is 4.04. The third-order valence-electron chi connectivity index (χ3n) is 8.51. The Morgan fingerprint density at radius 2 is 1.35 bits per heavy atom. The number of amides is 1. The summed E-state index contributed by atoms with van der Waals surface area (Å²) in [6, 6.07) is 19.0. The van der Waals surface area contributed by atoms with Crippen LogP contribution in [0.1, 0.15) is 34.3 Å². The van der Waals surface area contributed by atoms with Gasteiger partial charge in [0.05, 0.1) is 25.1 Å². The third-order valence-corrected chi connectivity index (χ3v) is 8.51. The standard InChI is InChI=1S/C34H37N3O6/c1-35-20-29(34(39)37-17-16-36-14-12-25(37)13-15-36)33(38)28-18-31(42-21-23-4-8-26(40-2)9-5-23)32(19-30(28)35)43-22-24-6-10-27(41-3)11-7-24/h4-11,18-20,25H,12-17,21-22H2,1-3H3. The highest BCUT2D eigenvalue weighted by Crippen LogP contribution is 2.34. The molecule has 0 N–H and O–H groups in total. The highest BCUT2D eigenvalue weighted by atomic mass is 16.5. The van der Waals surface area contributed by atoms with Crippen LogP contribution in [0.3, 0.4) is 0 Å². The zero-order valence-corrected chi connectivity index (χ0v) is 24.9. The second-order valence-electron chi connectivity index (χ2n) is 11.1. The number of carbonyl (C=O) groups excluding carboxylic acids is 1. The Kier molecular flexibility index (Phi) is 8.24. The molecule has 3 saturated heterocycles. The summed E-state index contributed by atoms with van der Waals surface area (Å²) >= 11 is 0. The molecule has 4 aromatic rings. The van der Waals surface area contributed by atoms with Crippen LogP contribution in [0.5, 0.6) is 23.0 Å². The maximum atomic E-state index is 13.9. The van der Waals surface area contributed by atoms with Gasteiger partial charge >= 0.3 is 0 Å². The molecule has 0 aliphatic carbocycles. The number of hydrogen-bond donors (Lipinski definition) is 0. The molecule has 224 valence electrons. The maximum absolute atomic E-state index is 13.9. The second kappa shape index (κ2) is 12.4. The van der Waals surface area contributed by atoms with Gasteiger partial charge in [0.2, 0.25) is 5.43 Å². The number of carbonyl (C=O) groups is 1. The van der Waals surface area contributed by atoms with Gasteiger partial charge in [-0.3, -0.25) is 9.59 Å². The summed E-state index contributed by atoms with van der Waals surface area (Å²) in [5.74, 6) is 2.26. The van der Waals surface area contributed by atoms with Crippen molar-refractivity contribution in [2.75, 3.05) is 40.4 Å². The van der Waals surface area contributed by atoms with Crippen molar-refractivity contribution in [3.8, 4) is 23.0 Å². The summed E-state index contributed by atoms with van der Waals surface area (Å²) in [5.41, 5.74) is 2.44. The first-order chi connectivity index (χ1) is 20.9. The molecule has 3 fully saturated rings. The molecule has 7 rings (SSSR count). The van der Waals surface area contributed by atoms with Gasteiger partial charge in [-0.25, -0.2) is 0 Å². The zero-order valence-electron chi connectivity index (χ0n) is 24.9. The normalized spacial score (nSPS) is 17.9. The van der Waals surface area contributed by atoms with E-state index in [0.717, 1.165) is 55.1 Å². The van der Waals surface area contributed by atoms with Gasteiger partial charge in [-0.1, -0.05) is 24.3 Å². The van der Waals surface area contributed by atoms with Gasteiger partial charge in [0.1, 0.15) is 30.3 Å². The number of rotatable bonds is 9. The highest BCUT2D eigenvalue weighted by molar-refractivity contribution is 5.98. The van der Waals surface area contributed by atoms with Gasteiger partial charge in [0.25, 0.3) is 5.91 Å². The van der Waals surface area contributed by atoms with Crippen LogP contribution in [-0.2, 0) is 20.3 Å². The summed E-state index contributed by atoms with van der Waals surface area (Å²) in [6.07, 6.45) is 3.55. The van der Waals surface area contributed by atoms with Gasteiger partial charge in [0.15, 0.2) is 11.5 Å². The Morgan fingerprint density at radius 3 is 1.91 bits per heavy atom. The van der Waals surface area contributed by atoms with Crippen LogP contribution in [-0.4, -0.2) is 66.7 Å². The average molecular weight is 584 g/mol. The number of aromatic nitrogens is 1. The minimum atomic E-state index is -0.298. The number of benzene rings is 3. The van der Waals surface area contributed by atoms with Gasteiger partial charge in [0, 0.05) is 51.5 Å². The minimum Gasteiger partial charge on any atom is -0.497 e. The topological polar surface area (TPSA) is 82.5 Å². The van der Waals surface area contributed by atoms with Gasteiger partial charge in [-0.05, 0) is 54.3 Å². The Hall–Kier alpha value is -4.50. The van der Waals surface area contributed by atoms with Gasteiger partial charge in [-0.2, -0.15) is 0 Å². The van der Waals surface area contributed by atoms with Gasteiger partial charge < -0.3 is 33.3 Å². The van der Waals surface area contributed by atoms with E-state index in [4.69, 9.17) is 18.9 Å². The molecule has 1 aromatic heterocycles. The molecule has 43 heavy (non-hydrogen) atoms. The van der Waals surface area contributed by atoms with Crippen molar-refractivity contribution in [3.63, 3.8) is 0 Å². The molecular weight excluding hydrogens is 546 g/mol. The van der Waals surface area contributed by atoms with Gasteiger partial charge in [-0.15, -0.1) is 0 Å². The lowest BCUT2D eigenvalue weighted by molar-refractivity contribution is 0.0683. The number of piperidine rings is 1. The Bertz CT molecular complexity index is 1660. The molecule has 0 radical (unpaired) electrons. The van der Waals surface area contributed by atoms with E-state index in [9.17, 15) is 9.59 Å². The lowest BCUT2D eigenvalue weighted by atomic mass is 10.0. The van der Waals surface area contributed by atoms with Crippen LogP contribution in [0, 0.1) is 0 Å². The van der Waals surface area contributed by atoms with E-state index in [1.807, 2.05) is 71.1 Å². The number of hydrogen-bond acceptors (Lipinski definition) is 7. The largest absolute Gasteiger partial charge is 0.497 e. The predicted octanol–water partition coefficient (Wildman–Crippen LogP) is 4.63. The molecule has 1 amide bonds. The molecule has 4 heterocycles. The van der Waals surface area contributed by atoms with Crippen molar-refractivity contribution < 1.29 is 23.7 Å². The lowest BCUT2D eigenvalue weighted by Crippen LogP contribution is -2.43. The lowest BCUT2D eigenvalue weighted by Gasteiger charge is -2.31. The molecule has 2 bridgehead atoms. The smallest absolute Gasteiger partial charge is 0.259 e. The molecular formula is C34H37N3O6. The van der Waals surface area contributed by atoms with Crippen molar-refractivity contribution in [1.29, 1.82) is 0 Å². The summed E-state index contributed by atoms with van der Waals surface area (Å²) in [7, 11) is 5.11. The van der Waals surface area contributed by atoms with Crippen LogP contribution in [0.25, 0.3) is 10.9 Å². The van der Waals surface area contributed by atoms with Crippen LogP contribution in [0.4, 0.5) is 0 Å². The number of nitrogens with zero attached hydrogens (tertiary/aromatic N) is 3. The Labute approximate surface area is 251 Å². The molecule has 3 aliphatic heterocycles. The van der Waals surface area contributed by atoms with E-state index in [1.54, 1.807) is 26.5 Å². The SMILES string of the molecule is COc1ccc(COc2cc3c(=O)c(C(=O)N4CCN5CCC4CC5)cn(C)c3cc2OCc2ccc(OC)cc2)cc1. The van der Waals surface area contributed by atoms with E-state index in [2.05, 4.69) is 4.90 Å². The predicted molar refractivity (Wildman–Crippen MR) is 164 cm³/mol. The number of ether oxygens (including phenoxy) is 4. The van der Waals surface area contributed by atoms with Crippen molar-refractivity contribution in [2.45, 2.75) is 32.1 Å². The molecule has 0 unspecified atom stereocenters. The van der Waals surface area contributed by atoms with Crippen LogP contribution in [0.15, 0.2) is 71.7 Å². The van der Waals surface area contributed by atoms with E-state index in [0.29, 0.717) is 35.6 Å². The Morgan fingerprint density at radius 1 is 0.791 bits per heavy atom. The second-order valence-corrected chi connectivity index (χ2v) is 11.1. The first-order valence-corrected chi connectivity index (χ1v) is 14.7. The maximum Gasteiger partial charge on any atom is 0.259 e. The number of aryl methyl sites for hydroxylation is 1. The fraction of sp³-hybridized carbons (Fsp3) is 0.353. The van der Waals surface area contributed by atoms with E-state index in [-0.39, 0.29) is 29.5 Å². The van der Waals surface area contributed by atoms with Crippen molar-refractivity contribution >= 4 is 16.8 Å². The zero-order chi connectivity index (χ0) is 29.9. The molecule has 9 heteroatoms. The fourth-order valence-corrected chi connectivity index (χ4v) is 5.94. The average Bonchev–Trinajstić information content (AvgIpc) is 3.38. The summed E-state index contributed by atoms with van der Waals surface area (Å²) in [4.78, 5) is 32.0. The molecule has 9 nitrogen and oxygen atoms in total. The molecule has 0 saturated carbocycles. The molecule has 0 spiro atoms. The highest BCUT2D eigenvalue weighted by Gasteiger charge is 2.33. The third kappa shape index (κ3) is 6.03. The molecule has 0 atom stereocenters. The van der Waals surface area contributed by atoms with Crippen molar-refractivity contribution in [3.05, 3.63) is 93.8 Å². The molecule has 3 aliphatic rings. The number of methoxy groups -OCH3 is 2. The monoisotopic (exact) mass is 583 g/mol. The van der Waals surface area contributed by atoms with Crippen LogP contribution < -0.4 is 24.4 Å². The van der Waals surface area contributed by atoms with E-state index in [1.165, 1.54) is 0 Å². The van der Waals surface area contributed by atoms with E-state index >= 15 is 0 Å². The van der Waals surface area contributed by atoms with Crippen LogP contribution in [0.2, 0.25) is 0 Å². The summed E-state index contributed by atoms with van der Waals surface area (Å²) in [5, 5.41) is 0.415. The Balaban J connectivity index is 1.34. The number of pyridine rings is 1. The first-order valence-electron chi connectivity index (χ1n) is 14.7. The molecule has 3 aromatic carbocycles.